The zero-order valence-electron chi connectivity index (χ0n) is 11.0. The molecule has 0 aliphatic heterocycles. The smallest absolute Gasteiger partial charge is 0.258 e. The highest BCUT2D eigenvalue weighted by atomic mass is 32.2. The van der Waals surface area contributed by atoms with Gasteiger partial charge in [0.05, 0.1) is 14.7 Å². The number of benzene rings is 2. The molecular formula is C13H7F4NO4S. The second-order valence-corrected chi connectivity index (χ2v) is 6.34. The first-order valence-electron chi connectivity index (χ1n) is 5.90. The lowest BCUT2D eigenvalue weighted by Gasteiger charge is -2.09. The van der Waals surface area contributed by atoms with Gasteiger partial charge in [0.2, 0.25) is 9.84 Å². The highest BCUT2D eigenvalue weighted by Crippen LogP contribution is 2.37. The molecule has 0 unspecified atom stereocenters. The number of rotatable bonds is 3. The summed E-state index contributed by atoms with van der Waals surface area (Å²) in [6, 6.07) is 4.81. The molecule has 0 aliphatic carbocycles. The molecule has 0 spiro atoms. The fourth-order valence-corrected chi connectivity index (χ4v) is 3.10. The molecule has 0 radical (unpaired) electrons. The first kappa shape index (κ1) is 16.9. The summed E-state index contributed by atoms with van der Waals surface area (Å²) in [6.07, 6.45) is -5.00. The molecule has 0 amide bonds. The van der Waals surface area contributed by atoms with E-state index in [1.165, 1.54) is 0 Å². The minimum Gasteiger partial charge on any atom is -0.258 e. The number of nitrogens with zero attached hydrogens (tertiary/aromatic N) is 1. The fourth-order valence-electron chi connectivity index (χ4n) is 1.82. The van der Waals surface area contributed by atoms with Crippen LogP contribution in [0.1, 0.15) is 5.56 Å². The van der Waals surface area contributed by atoms with Gasteiger partial charge in [-0.2, -0.15) is 13.2 Å². The van der Waals surface area contributed by atoms with Crippen LogP contribution in [0.25, 0.3) is 0 Å². The third-order valence-electron chi connectivity index (χ3n) is 2.91. The number of hydrogen-bond acceptors (Lipinski definition) is 4. The number of alkyl halides is 3. The van der Waals surface area contributed by atoms with Gasteiger partial charge in [-0.05, 0) is 36.4 Å². The van der Waals surface area contributed by atoms with Crippen LogP contribution in [0.3, 0.4) is 0 Å². The minimum atomic E-state index is -5.00. The zero-order chi connectivity index (χ0) is 17.4. The van der Waals surface area contributed by atoms with Crippen molar-refractivity contribution < 1.29 is 30.9 Å². The molecule has 2 rings (SSSR count). The summed E-state index contributed by atoms with van der Waals surface area (Å²) in [5.74, 6) is -0.706. The predicted octanol–water partition coefficient (Wildman–Crippen LogP) is 3.59. The van der Waals surface area contributed by atoms with Crippen LogP contribution in [0.5, 0.6) is 0 Å². The second kappa shape index (κ2) is 5.61. The average Bonchev–Trinajstić information content (AvgIpc) is 2.46. The van der Waals surface area contributed by atoms with Gasteiger partial charge in [-0.1, -0.05) is 0 Å². The van der Waals surface area contributed by atoms with Gasteiger partial charge in [-0.15, -0.1) is 0 Å². The van der Waals surface area contributed by atoms with Gasteiger partial charge < -0.3 is 0 Å². The van der Waals surface area contributed by atoms with Gasteiger partial charge >= 0.3 is 6.18 Å². The molecule has 0 bridgehead atoms. The normalized spacial score (nSPS) is 12.2. The van der Waals surface area contributed by atoms with Crippen LogP contribution < -0.4 is 0 Å². The maximum Gasteiger partial charge on any atom is 0.422 e. The molecule has 10 heteroatoms. The summed E-state index contributed by atoms with van der Waals surface area (Å²) in [4.78, 5) is 8.39. The quantitative estimate of drug-likeness (QED) is 0.367. The standard InChI is InChI=1S/C13H7F4NO4S/c14-8-1-3-9(4-2-8)23(21,22)10-5-6-11(13(15,16)17)12(7-10)18(19)20/h1-7H. The van der Waals surface area contributed by atoms with Crippen LogP contribution in [0.4, 0.5) is 23.2 Å². The van der Waals surface area contributed by atoms with Crippen molar-refractivity contribution in [1.82, 2.24) is 0 Å². The van der Waals surface area contributed by atoms with Crippen molar-refractivity contribution in [2.24, 2.45) is 0 Å². The molecule has 0 saturated carbocycles. The SMILES string of the molecule is O=[N+]([O-])c1cc(S(=O)(=O)c2ccc(F)cc2)ccc1C(F)(F)F. The molecule has 0 saturated heterocycles. The Bertz CT molecular complexity index is 861. The molecule has 2 aromatic rings. The molecule has 2 aromatic carbocycles. The highest BCUT2D eigenvalue weighted by Gasteiger charge is 2.39. The van der Waals surface area contributed by atoms with E-state index in [0.29, 0.717) is 18.2 Å². The van der Waals surface area contributed by atoms with E-state index < -0.39 is 47.8 Å². The van der Waals surface area contributed by atoms with Crippen molar-refractivity contribution in [1.29, 1.82) is 0 Å². The number of hydrogen-bond donors (Lipinski definition) is 0. The van der Waals surface area contributed by atoms with E-state index in [1.54, 1.807) is 0 Å². The first-order valence-corrected chi connectivity index (χ1v) is 7.38. The van der Waals surface area contributed by atoms with Gasteiger partial charge in [-0.25, -0.2) is 12.8 Å². The summed E-state index contributed by atoms with van der Waals surface area (Å²) >= 11 is 0. The van der Waals surface area contributed by atoms with Crippen LogP contribution in [0.2, 0.25) is 0 Å². The number of nitro benzene ring substituents is 1. The summed E-state index contributed by atoms with van der Waals surface area (Å²) in [6.45, 7) is 0. The molecule has 0 atom stereocenters. The van der Waals surface area contributed by atoms with Gasteiger partial charge in [0.25, 0.3) is 5.69 Å². The van der Waals surface area contributed by atoms with Crippen LogP contribution in [-0.4, -0.2) is 13.3 Å². The second-order valence-electron chi connectivity index (χ2n) is 4.39. The van der Waals surface area contributed by atoms with Crippen LogP contribution in [-0.2, 0) is 16.0 Å². The average molecular weight is 349 g/mol. The van der Waals surface area contributed by atoms with E-state index in [-0.39, 0.29) is 0 Å². The molecular weight excluding hydrogens is 342 g/mol. The number of halogens is 4. The topological polar surface area (TPSA) is 77.3 Å². The zero-order valence-corrected chi connectivity index (χ0v) is 11.9. The molecule has 122 valence electrons. The Labute approximate surface area is 127 Å². The van der Waals surface area contributed by atoms with E-state index in [2.05, 4.69) is 0 Å². The Hall–Kier alpha value is -2.49. The summed E-state index contributed by atoms with van der Waals surface area (Å²) in [5.41, 5.74) is -2.93. The Morgan fingerprint density at radius 3 is 1.96 bits per heavy atom. The summed E-state index contributed by atoms with van der Waals surface area (Å²) in [5, 5.41) is 10.8. The van der Waals surface area contributed by atoms with E-state index in [4.69, 9.17) is 0 Å². The Balaban J connectivity index is 2.63. The number of nitro groups is 1. The van der Waals surface area contributed by atoms with Crippen molar-refractivity contribution in [2.75, 3.05) is 0 Å². The lowest BCUT2D eigenvalue weighted by molar-refractivity contribution is -0.388. The van der Waals surface area contributed by atoms with E-state index in [0.717, 1.165) is 24.3 Å². The van der Waals surface area contributed by atoms with Crippen LogP contribution in [0, 0.1) is 15.9 Å². The molecule has 0 heterocycles. The van der Waals surface area contributed by atoms with E-state index in [9.17, 15) is 36.1 Å². The molecule has 0 fully saturated rings. The maximum atomic E-state index is 12.8. The molecule has 0 aromatic heterocycles. The van der Waals surface area contributed by atoms with Gasteiger partial charge in [0.15, 0.2) is 0 Å². The third kappa shape index (κ3) is 3.31. The van der Waals surface area contributed by atoms with Gasteiger partial charge in [-0.3, -0.25) is 10.1 Å². The molecule has 0 N–H and O–H groups in total. The van der Waals surface area contributed by atoms with E-state index in [1.807, 2.05) is 0 Å². The number of sulfone groups is 1. The van der Waals surface area contributed by atoms with Gasteiger partial charge in [0.1, 0.15) is 11.4 Å². The Kier molecular flexibility index (Phi) is 4.12. The van der Waals surface area contributed by atoms with Crippen LogP contribution >= 0.6 is 0 Å². The summed E-state index contributed by atoms with van der Waals surface area (Å²) in [7, 11) is -4.31. The van der Waals surface area contributed by atoms with Crippen molar-refractivity contribution in [3.63, 3.8) is 0 Å². The van der Waals surface area contributed by atoms with Crippen molar-refractivity contribution in [3.05, 3.63) is 64.0 Å². The van der Waals surface area contributed by atoms with Crippen molar-refractivity contribution in [3.8, 4) is 0 Å². The first-order chi connectivity index (χ1) is 10.5. The summed E-state index contributed by atoms with van der Waals surface area (Å²) < 4.78 is 75.5. The third-order valence-corrected chi connectivity index (χ3v) is 4.67. The van der Waals surface area contributed by atoms with E-state index >= 15 is 0 Å². The Morgan fingerprint density at radius 1 is 0.957 bits per heavy atom. The maximum absolute atomic E-state index is 12.8. The fraction of sp³-hybridized carbons (Fsp3) is 0.0769. The lowest BCUT2D eigenvalue weighted by Crippen LogP contribution is -2.10. The largest absolute Gasteiger partial charge is 0.422 e. The monoisotopic (exact) mass is 349 g/mol. The van der Waals surface area contributed by atoms with Crippen molar-refractivity contribution >= 4 is 15.5 Å². The van der Waals surface area contributed by atoms with Crippen molar-refractivity contribution in [2.45, 2.75) is 16.0 Å². The molecule has 0 aliphatic rings. The highest BCUT2D eigenvalue weighted by molar-refractivity contribution is 7.91. The minimum absolute atomic E-state index is 0.328. The predicted molar refractivity (Wildman–Crippen MR) is 70.0 cm³/mol. The molecule has 23 heavy (non-hydrogen) atoms. The Morgan fingerprint density at radius 2 is 1.48 bits per heavy atom. The van der Waals surface area contributed by atoms with Crippen LogP contribution in [0.15, 0.2) is 52.3 Å². The molecule has 5 nitrogen and oxygen atoms in total. The lowest BCUT2D eigenvalue weighted by atomic mass is 10.2. The van der Waals surface area contributed by atoms with Gasteiger partial charge in [0, 0.05) is 6.07 Å².